The molecule has 35 heavy (non-hydrogen) atoms. The molecule has 3 aliphatic rings. The Kier molecular flexibility index (Phi) is 5.71. The summed E-state index contributed by atoms with van der Waals surface area (Å²) in [6.07, 6.45) is 2.41. The summed E-state index contributed by atoms with van der Waals surface area (Å²) in [5.41, 5.74) is 7.02. The molecule has 0 bridgehead atoms. The van der Waals surface area contributed by atoms with Crippen molar-refractivity contribution >= 4 is 5.78 Å². The van der Waals surface area contributed by atoms with E-state index in [4.69, 9.17) is 14.2 Å². The number of benzene rings is 2. The fourth-order valence-electron chi connectivity index (χ4n) is 6.57. The van der Waals surface area contributed by atoms with Gasteiger partial charge in [0.2, 0.25) is 12.5 Å². The summed E-state index contributed by atoms with van der Waals surface area (Å²) in [5, 5.41) is 0. The van der Waals surface area contributed by atoms with Crippen molar-refractivity contribution in [3.63, 3.8) is 0 Å². The van der Waals surface area contributed by atoms with Crippen LogP contribution in [0.25, 0.3) is 0 Å². The monoisotopic (exact) mass is 477 g/mol. The van der Waals surface area contributed by atoms with Crippen molar-refractivity contribution in [2.24, 2.45) is 5.92 Å². The van der Waals surface area contributed by atoms with Gasteiger partial charge in [-0.3, -0.25) is 9.69 Å². The number of carbonyl (C=O) groups is 1. The summed E-state index contributed by atoms with van der Waals surface area (Å²) < 4.78 is 17.2. The maximum absolute atomic E-state index is 13.9. The van der Waals surface area contributed by atoms with E-state index < -0.39 is 0 Å². The Bertz CT molecular complexity index is 1200. The van der Waals surface area contributed by atoms with E-state index in [-0.39, 0.29) is 29.4 Å². The molecule has 2 heterocycles. The lowest BCUT2D eigenvalue weighted by Gasteiger charge is -2.47. The third-order valence-corrected chi connectivity index (χ3v) is 9.06. The number of ketones is 1. The number of likely N-dealkylation sites (N-methyl/N-ethyl adjacent to an activating group) is 1. The van der Waals surface area contributed by atoms with Crippen LogP contribution in [0, 0.1) is 12.8 Å². The van der Waals surface area contributed by atoms with Crippen molar-refractivity contribution in [3.05, 3.63) is 51.6 Å². The third kappa shape index (κ3) is 3.74. The average molecular weight is 478 g/mol. The topological polar surface area (TPSA) is 48.0 Å². The predicted molar refractivity (Wildman–Crippen MR) is 138 cm³/mol. The minimum Gasteiger partial charge on any atom is -0.492 e. The number of methoxy groups -OCH3 is 1. The second-order valence-corrected chi connectivity index (χ2v) is 12.0. The van der Waals surface area contributed by atoms with Crippen LogP contribution in [0.4, 0.5) is 0 Å². The molecule has 0 amide bonds. The lowest BCUT2D eigenvalue weighted by molar-refractivity contribution is 0.0924. The normalized spacial score (nSPS) is 24.0. The van der Waals surface area contributed by atoms with E-state index in [1.54, 1.807) is 7.11 Å². The number of fused-ring (bicyclic) bond motifs is 3. The van der Waals surface area contributed by atoms with Gasteiger partial charge in [-0.25, -0.2) is 0 Å². The number of Topliss-reactive ketones (excluding diaryl/α,β-unsaturated/α-hetero) is 1. The average Bonchev–Trinajstić information content (AvgIpc) is 3.26. The molecule has 0 unspecified atom stereocenters. The summed E-state index contributed by atoms with van der Waals surface area (Å²) in [6, 6.07) is 6.49. The Labute approximate surface area is 209 Å². The fraction of sp³-hybridized carbons (Fsp3) is 0.567. The Hall–Kier alpha value is -2.53. The zero-order valence-corrected chi connectivity index (χ0v) is 22.5. The van der Waals surface area contributed by atoms with Gasteiger partial charge in [0.25, 0.3) is 0 Å². The molecule has 0 saturated heterocycles. The van der Waals surface area contributed by atoms with Gasteiger partial charge in [-0.1, -0.05) is 40.7 Å². The molecule has 0 saturated carbocycles. The Morgan fingerprint density at radius 2 is 1.89 bits per heavy atom. The van der Waals surface area contributed by atoms with Crippen LogP contribution < -0.4 is 14.2 Å². The largest absolute Gasteiger partial charge is 0.492 e. The van der Waals surface area contributed by atoms with Gasteiger partial charge in [0, 0.05) is 30.1 Å². The second-order valence-electron chi connectivity index (χ2n) is 12.0. The fourth-order valence-corrected chi connectivity index (χ4v) is 6.57. The van der Waals surface area contributed by atoms with Crippen LogP contribution in [0.3, 0.4) is 0 Å². The molecular formula is C30H39NO4. The molecule has 0 spiro atoms. The molecule has 188 valence electrons. The molecular weight excluding hydrogens is 438 g/mol. The van der Waals surface area contributed by atoms with Gasteiger partial charge in [0.05, 0.1) is 7.11 Å². The molecule has 2 aromatic carbocycles. The van der Waals surface area contributed by atoms with Gasteiger partial charge in [-0.05, 0) is 77.9 Å². The van der Waals surface area contributed by atoms with Crippen molar-refractivity contribution in [2.75, 3.05) is 27.5 Å². The first-order chi connectivity index (χ1) is 16.5. The van der Waals surface area contributed by atoms with Crippen molar-refractivity contribution in [1.82, 2.24) is 4.90 Å². The summed E-state index contributed by atoms with van der Waals surface area (Å²) in [5.74, 6) is 2.86. The number of hydrogen-bond acceptors (Lipinski definition) is 5. The van der Waals surface area contributed by atoms with Crippen LogP contribution in [-0.2, 0) is 17.3 Å². The maximum Gasteiger partial charge on any atom is 0.231 e. The third-order valence-electron chi connectivity index (χ3n) is 9.06. The molecule has 5 nitrogen and oxygen atoms in total. The van der Waals surface area contributed by atoms with Gasteiger partial charge in [0.15, 0.2) is 17.3 Å². The molecule has 5 heteroatoms. The highest BCUT2D eigenvalue weighted by atomic mass is 16.7. The van der Waals surface area contributed by atoms with E-state index in [1.165, 1.54) is 16.7 Å². The van der Waals surface area contributed by atoms with Crippen LogP contribution in [0.15, 0.2) is 18.2 Å². The van der Waals surface area contributed by atoms with E-state index in [9.17, 15) is 4.79 Å². The number of nitrogens with zero attached hydrogens (tertiary/aromatic N) is 1. The van der Waals surface area contributed by atoms with E-state index >= 15 is 0 Å². The number of hydrogen-bond donors (Lipinski definition) is 0. The van der Waals surface area contributed by atoms with Crippen LogP contribution >= 0.6 is 0 Å². The number of carbonyl (C=O) groups excluding carboxylic acids is 1. The molecule has 0 fully saturated rings. The summed E-state index contributed by atoms with van der Waals surface area (Å²) in [4.78, 5) is 16.2. The molecule has 2 aromatic rings. The second kappa shape index (κ2) is 8.26. The Balaban J connectivity index is 1.55. The lowest BCUT2D eigenvalue weighted by Crippen LogP contribution is -2.40. The molecule has 2 aliphatic heterocycles. The van der Waals surface area contributed by atoms with Crippen LogP contribution in [0.1, 0.15) is 91.7 Å². The first kappa shape index (κ1) is 24.2. The Morgan fingerprint density at radius 3 is 2.60 bits per heavy atom. The maximum atomic E-state index is 13.9. The van der Waals surface area contributed by atoms with Crippen LogP contribution in [0.5, 0.6) is 17.2 Å². The van der Waals surface area contributed by atoms with E-state index in [0.29, 0.717) is 23.8 Å². The number of ether oxygens (including phenoxy) is 3. The first-order valence-electron chi connectivity index (χ1n) is 12.8. The van der Waals surface area contributed by atoms with Gasteiger partial charge in [-0.2, -0.15) is 0 Å². The molecule has 0 radical (unpaired) electrons. The molecule has 1 aliphatic carbocycles. The highest BCUT2D eigenvalue weighted by molar-refractivity contribution is 5.98. The summed E-state index contributed by atoms with van der Waals surface area (Å²) in [7, 11) is 3.77. The first-order valence-corrected chi connectivity index (χ1v) is 12.8. The highest BCUT2D eigenvalue weighted by Gasteiger charge is 2.43. The van der Waals surface area contributed by atoms with Crippen molar-refractivity contribution in [2.45, 2.75) is 77.7 Å². The standard InChI is InChI=1S/C30H39NO4/c1-17-11-22-21(29(3,4)15-18(2)30(22,5)6)13-20(17)24(32)14-23-26-19(9-10-31(23)7)12-25-27(28(26)33-8)35-16-34-25/h11-13,18,23H,9-10,14-16H2,1-8H3/t18-,23-/m1/s1. The predicted octanol–water partition coefficient (Wildman–Crippen LogP) is 6.13. The molecule has 0 aromatic heterocycles. The lowest BCUT2D eigenvalue weighted by atomic mass is 9.58. The van der Waals surface area contributed by atoms with E-state index in [2.05, 4.69) is 71.7 Å². The summed E-state index contributed by atoms with van der Waals surface area (Å²) in [6.45, 7) is 14.9. The van der Waals surface area contributed by atoms with Gasteiger partial charge in [0.1, 0.15) is 0 Å². The van der Waals surface area contributed by atoms with E-state index in [1.807, 2.05) is 0 Å². The molecule has 2 atom stereocenters. The van der Waals surface area contributed by atoms with Crippen molar-refractivity contribution in [1.29, 1.82) is 0 Å². The van der Waals surface area contributed by atoms with Crippen LogP contribution in [0.2, 0.25) is 0 Å². The number of rotatable bonds is 4. The molecule has 5 rings (SSSR count). The quantitative estimate of drug-likeness (QED) is 0.496. The highest BCUT2D eigenvalue weighted by Crippen LogP contribution is 2.51. The summed E-state index contributed by atoms with van der Waals surface area (Å²) >= 11 is 0. The minimum atomic E-state index is -0.0735. The van der Waals surface area contributed by atoms with Gasteiger partial charge in [-0.15, -0.1) is 0 Å². The molecule has 0 N–H and O–H groups in total. The number of aryl methyl sites for hydroxylation is 1. The zero-order chi connectivity index (χ0) is 25.3. The van der Waals surface area contributed by atoms with E-state index in [0.717, 1.165) is 41.8 Å². The zero-order valence-electron chi connectivity index (χ0n) is 22.5. The minimum absolute atomic E-state index is 0.0440. The van der Waals surface area contributed by atoms with Crippen molar-refractivity contribution in [3.8, 4) is 17.2 Å². The Morgan fingerprint density at radius 1 is 1.14 bits per heavy atom. The smallest absolute Gasteiger partial charge is 0.231 e. The van der Waals surface area contributed by atoms with Crippen LogP contribution in [-0.4, -0.2) is 38.2 Å². The van der Waals surface area contributed by atoms with Gasteiger partial charge < -0.3 is 14.2 Å². The SMILES string of the molecule is COc1c2c(cc3c1[C@@H](CC(=O)c1cc4c(cc1C)C(C)(C)[C@H](C)CC4(C)C)N(C)CC3)OCO2. The van der Waals surface area contributed by atoms with Crippen molar-refractivity contribution < 1.29 is 19.0 Å². The van der Waals surface area contributed by atoms with Gasteiger partial charge >= 0.3 is 0 Å².